The highest BCUT2D eigenvalue weighted by atomic mass is 19.4. The lowest BCUT2D eigenvalue weighted by Crippen LogP contribution is -2.18. The van der Waals surface area contributed by atoms with E-state index in [4.69, 9.17) is 15.6 Å². The second kappa shape index (κ2) is 5.92. The van der Waals surface area contributed by atoms with Crippen molar-refractivity contribution in [2.45, 2.75) is 18.8 Å². The predicted molar refractivity (Wildman–Crippen MR) is 58.3 cm³/mol. The van der Waals surface area contributed by atoms with Gasteiger partial charge in [0.2, 0.25) is 0 Å². The van der Waals surface area contributed by atoms with E-state index in [-0.39, 0.29) is 18.8 Å². The van der Waals surface area contributed by atoms with Crippen LogP contribution in [-0.4, -0.2) is 25.2 Å². The lowest BCUT2D eigenvalue weighted by molar-refractivity contribution is -0.274. The summed E-state index contributed by atoms with van der Waals surface area (Å²) in [6.45, 7) is -0.172. The molecule has 0 saturated heterocycles. The molecule has 1 atom stereocenters. The summed E-state index contributed by atoms with van der Waals surface area (Å²) < 4.78 is 45.0. The summed E-state index contributed by atoms with van der Waals surface area (Å²) in [6.07, 6.45) is -4.54. The summed E-state index contributed by atoms with van der Waals surface area (Å²) in [5.41, 5.74) is 6.09. The quantitative estimate of drug-likeness (QED) is 0.854. The van der Waals surface area contributed by atoms with Crippen LogP contribution in [0.3, 0.4) is 0 Å². The summed E-state index contributed by atoms with van der Waals surface area (Å²) in [6, 6.07) is 3.02. The van der Waals surface area contributed by atoms with Crippen molar-refractivity contribution in [3.63, 3.8) is 0 Å². The molecule has 102 valence electrons. The highest BCUT2D eigenvalue weighted by Gasteiger charge is 2.31. The van der Waals surface area contributed by atoms with Crippen molar-refractivity contribution in [3.8, 4) is 11.5 Å². The van der Waals surface area contributed by atoms with Gasteiger partial charge in [-0.1, -0.05) is 0 Å². The Labute approximate surface area is 102 Å². The van der Waals surface area contributed by atoms with Gasteiger partial charge in [0.1, 0.15) is 11.5 Å². The molecule has 0 bridgehead atoms. The first-order valence-corrected chi connectivity index (χ1v) is 5.17. The van der Waals surface area contributed by atoms with E-state index >= 15 is 0 Å². The average molecular weight is 265 g/mol. The van der Waals surface area contributed by atoms with Crippen molar-refractivity contribution in [3.05, 3.63) is 23.8 Å². The molecule has 0 radical (unpaired) electrons. The second-order valence-corrected chi connectivity index (χ2v) is 3.57. The number of aliphatic hydroxyl groups excluding tert-OH is 1. The van der Waals surface area contributed by atoms with E-state index < -0.39 is 12.4 Å². The van der Waals surface area contributed by atoms with Crippen molar-refractivity contribution in [2.75, 3.05) is 13.7 Å². The molecule has 18 heavy (non-hydrogen) atoms. The maximum Gasteiger partial charge on any atom is 0.573 e. The van der Waals surface area contributed by atoms with Crippen LogP contribution in [0, 0.1) is 0 Å². The summed E-state index contributed by atoms with van der Waals surface area (Å²) in [4.78, 5) is 0. The lowest BCUT2D eigenvalue weighted by Gasteiger charge is -2.17. The smallest absolute Gasteiger partial charge is 0.496 e. The molecule has 0 heterocycles. The summed E-state index contributed by atoms with van der Waals surface area (Å²) in [5.74, 6) is -0.0165. The molecule has 7 heteroatoms. The fourth-order valence-electron chi connectivity index (χ4n) is 1.49. The third-order valence-corrected chi connectivity index (χ3v) is 2.27. The van der Waals surface area contributed by atoms with Crippen molar-refractivity contribution in [2.24, 2.45) is 5.73 Å². The summed E-state index contributed by atoms with van der Waals surface area (Å²) in [7, 11) is 1.38. The van der Waals surface area contributed by atoms with Crippen LogP contribution in [0.1, 0.15) is 18.0 Å². The van der Waals surface area contributed by atoms with Crippen LogP contribution in [0.4, 0.5) is 13.2 Å². The number of nitrogens with two attached hydrogens (primary N) is 1. The molecular weight excluding hydrogens is 251 g/mol. The van der Waals surface area contributed by atoms with Crippen molar-refractivity contribution in [1.29, 1.82) is 0 Å². The Hall–Kier alpha value is -1.47. The minimum absolute atomic E-state index is 0.172. The molecule has 0 unspecified atom stereocenters. The maximum absolute atomic E-state index is 12.1. The number of methoxy groups -OCH3 is 1. The molecule has 1 rings (SSSR count). The molecule has 4 nitrogen and oxygen atoms in total. The number of halogens is 3. The molecule has 0 fully saturated rings. The van der Waals surface area contributed by atoms with Gasteiger partial charge in [0.15, 0.2) is 0 Å². The zero-order chi connectivity index (χ0) is 13.8. The number of ether oxygens (including phenoxy) is 2. The Morgan fingerprint density at radius 1 is 1.39 bits per heavy atom. The first-order valence-electron chi connectivity index (χ1n) is 5.17. The molecule has 0 aromatic heterocycles. The van der Waals surface area contributed by atoms with Crippen LogP contribution in [0.15, 0.2) is 18.2 Å². The van der Waals surface area contributed by atoms with Crippen molar-refractivity contribution >= 4 is 0 Å². The zero-order valence-electron chi connectivity index (χ0n) is 9.70. The van der Waals surface area contributed by atoms with Gasteiger partial charge in [-0.2, -0.15) is 0 Å². The van der Waals surface area contributed by atoms with Crippen LogP contribution in [0.25, 0.3) is 0 Å². The van der Waals surface area contributed by atoms with Crippen LogP contribution in [0.5, 0.6) is 11.5 Å². The molecule has 0 aliphatic heterocycles. The number of hydrogen-bond acceptors (Lipinski definition) is 4. The van der Waals surface area contributed by atoms with Gasteiger partial charge < -0.3 is 20.3 Å². The minimum Gasteiger partial charge on any atom is -0.496 e. The maximum atomic E-state index is 12.1. The largest absolute Gasteiger partial charge is 0.573 e. The molecule has 0 aliphatic rings. The third-order valence-electron chi connectivity index (χ3n) is 2.27. The fourth-order valence-corrected chi connectivity index (χ4v) is 1.49. The van der Waals surface area contributed by atoms with E-state index in [1.54, 1.807) is 0 Å². The zero-order valence-corrected chi connectivity index (χ0v) is 9.70. The Morgan fingerprint density at radius 3 is 2.56 bits per heavy atom. The van der Waals surface area contributed by atoms with E-state index in [2.05, 4.69) is 4.74 Å². The van der Waals surface area contributed by atoms with E-state index in [9.17, 15) is 13.2 Å². The second-order valence-electron chi connectivity index (χ2n) is 3.57. The highest BCUT2D eigenvalue weighted by molar-refractivity contribution is 5.42. The van der Waals surface area contributed by atoms with Crippen LogP contribution >= 0.6 is 0 Å². The number of alkyl halides is 3. The van der Waals surface area contributed by atoms with Gasteiger partial charge in [0.25, 0.3) is 0 Å². The number of benzene rings is 1. The Morgan fingerprint density at radius 2 is 2.06 bits per heavy atom. The van der Waals surface area contributed by atoms with E-state index in [1.165, 1.54) is 13.2 Å². The SMILES string of the molecule is COc1ccc(OC(F)(F)F)cc1[C@@H](N)CCO. The van der Waals surface area contributed by atoms with Gasteiger partial charge >= 0.3 is 6.36 Å². The average Bonchev–Trinajstić information content (AvgIpc) is 2.27. The first-order chi connectivity index (χ1) is 8.37. The van der Waals surface area contributed by atoms with E-state index in [0.717, 1.165) is 12.1 Å². The van der Waals surface area contributed by atoms with Crippen LogP contribution < -0.4 is 15.2 Å². The Bertz CT molecular complexity index is 396. The van der Waals surface area contributed by atoms with Crippen molar-refractivity contribution < 1.29 is 27.8 Å². The molecule has 0 spiro atoms. The molecule has 0 amide bonds. The standard InChI is InChI=1S/C11H14F3NO3/c1-17-10-3-2-7(18-11(12,13)14)6-8(10)9(15)4-5-16/h2-3,6,9,16H,4-5,15H2,1H3/t9-/m0/s1. The highest BCUT2D eigenvalue weighted by Crippen LogP contribution is 2.32. The van der Waals surface area contributed by atoms with Crippen LogP contribution in [-0.2, 0) is 0 Å². The summed E-state index contributed by atoms with van der Waals surface area (Å²) >= 11 is 0. The monoisotopic (exact) mass is 265 g/mol. The van der Waals surface area contributed by atoms with Crippen LogP contribution in [0.2, 0.25) is 0 Å². The van der Waals surface area contributed by atoms with Gasteiger partial charge in [0, 0.05) is 18.2 Å². The predicted octanol–water partition coefficient (Wildman–Crippen LogP) is 1.98. The van der Waals surface area contributed by atoms with Crippen molar-refractivity contribution in [1.82, 2.24) is 0 Å². The minimum atomic E-state index is -4.76. The molecule has 0 saturated carbocycles. The molecule has 0 aliphatic carbocycles. The van der Waals surface area contributed by atoms with Gasteiger partial charge in [-0.15, -0.1) is 13.2 Å². The molecule has 1 aromatic carbocycles. The first kappa shape index (κ1) is 14.6. The molecule has 1 aromatic rings. The number of hydrogen-bond donors (Lipinski definition) is 2. The van der Waals surface area contributed by atoms with E-state index in [1.807, 2.05) is 0 Å². The van der Waals surface area contributed by atoms with Gasteiger partial charge in [-0.05, 0) is 24.6 Å². The summed E-state index contributed by atoms with van der Waals surface area (Å²) in [5, 5.41) is 8.79. The number of rotatable bonds is 5. The number of aliphatic hydroxyl groups is 1. The van der Waals surface area contributed by atoms with E-state index in [0.29, 0.717) is 11.3 Å². The fraction of sp³-hybridized carbons (Fsp3) is 0.455. The Balaban J connectivity index is 3.01. The Kier molecular flexibility index (Phi) is 4.80. The topological polar surface area (TPSA) is 64.7 Å². The molecule has 3 N–H and O–H groups in total. The van der Waals surface area contributed by atoms with Gasteiger partial charge in [-0.25, -0.2) is 0 Å². The third kappa shape index (κ3) is 4.08. The van der Waals surface area contributed by atoms with Gasteiger partial charge in [0.05, 0.1) is 7.11 Å². The van der Waals surface area contributed by atoms with Gasteiger partial charge in [-0.3, -0.25) is 0 Å². The molecular formula is C11H14F3NO3. The normalized spacial score (nSPS) is 13.2. The lowest BCUT2D eigenvalue weighted by atomic mass is 10.0.